The number of allylic oxidation sites excluding steroid dienone is 1. The summed E-state index contributed by atoms with van der Waals surface area (Å²) in [4.78, 5) is 19.4. The highest BCUT2D eigenvalue weighted by Crippen LogP contribution is 2.25. The Hall–Kier alpha value is -2.10. The fourth-order valence-electron chi connectivity index (χ4n) is 1.98. The number of hydrogen-bond acceptors (Lipinski definition) is 2. The second-order valence-electron chi connectivity index (χ2n) is 4.44. The summed E-state index contributed by atoms with van der Waals surface area (Å²) in [6, 6.07) is 12.7. The van der Waals surface area contributed by atoms with Crippen molar-refractivity contribution in [3.8, 4) is 0 Å². The van der Waals surface area contributed by atoms with Gasteiger partial charge in [-0.05, 0) is 36.4 Å². The van der Waals surface area contributed by atoms with E-state index in [4.69, 9.17) is 23.2 Å². The number of nitrogens with one attached hydrogen (secondary N) is 1. The van der Waals surface area contributed by atoms with Gasteiger partial charge in [-0.25, -0.2) is 4.98 Å². The van der Waals surface area contributed by atoms with Crippen LogP contribution >= 0.6 is 23.2 Å². The minimum Gasteiger partial charge on any atom is -0.335 e. The number of aromatic amines is 1. The van der Waals surface area contributed by atoms with E-state index in [2.05, 4.69) is 9.97 Å². The van der Waals surface area contributed by atoms with Gasteiger partial charge in [-0.15, -0.1) is 0 Å². The summed E-state index contributed by atoms with van der Waals surface area (Å²) < 4.78 is 0. The van der Waals surface area contributed by atoms with Crippen LogP contribution in [0.5, 0.6) is 0 Å². The van der Waals surface area contributed by atoms with Crippen LogP contribution in [-0.4, -0.2) is 15.8 Å². The molecule has 5 heteroatoms. The highest BCUT2D eigenvalue weighted by molar-refractivity contribution is 6.37. The fourth-order valence-corrected chi connectivity index (χ4v) is 2.50. The molecule has 1 aromatic heterocycles. The van der Waals surface area contributed by atoms with E-state index >= 15 is 0 Å². The van der Waals surface area contributed by atoms with Gasteiger partial charge in [0, 0.05) is 15.6 Å². The van der Waals surface area contributed by atoms with Crippen molar-refractivity contribution in [3.63, 3.8) is 0 Å². The number of ketones is 1. The third-order valence-electron chi connectivity index (χ3n) is 3.02. The van der Waals surface area contributed by atoms with Crippen LogP contribution in [-0.2, 0) is 0 Å². The Kier molecular flexibility index (Phi) is 3.78. The molecule has 0 fully saturated rings. The van der Waals surface area contributed by atoms with E-state index < -0.39 is 0 Å². The standard InChI is InChI=1S/C16H10Cl2N2O/c17-11-4-3-5-12(18)10(11)8-9-15(21)16-19-13-6-1-2-7-14(13)20-16/h1-9H,(H,19,20)/b9-8+. The van der Waals surface area contributed by atoms with Crippen molar-refractivity contribution in [3.05, 3.63) is 70.0 Å². The Morgan fingerprint density at radius 1 is 1.05 bits per heavy atom. The zero-order chi connectivity index (χ0) is 14.8. The molecule has 0 saturated heterocycles. The van der Waals surface area contributed by atoms with Gasteiger partial charge < -0.3 is 4.98 Å². The molecule has 1 heterocycles. The first-order valence-corrected chi connectivity index (χ1v) is 7.02. The van der Waals surface area contributed by atoms with Gasteiger partial charge in [0.05, 0.1) is 11.0 Å². The second-order valence-corrected chi connectivity index (χ2v) is 5.25. The minimum atomic E-state index is -0.234. The maximum atomic E-state index is 12.1. The topological polar surface area (TPSA) is 45.8 Å². The van der Waals surface area contributed by atoms with Gasteiger partial charge in [0.15, 0.2) is 5.82 Å². The zero-order valence-corrected chi connectivity index (χ0v) is 12.3. The van der Waals surface area contributed by atoms with Gasteiger partial charge in [-0.2, -0.15) is 0 Å². The van der Waals surface area contributed by atoms with Crippen molar-refractivity contribution in [1.29, 1.82) is 0 Å². The molecule has 0 radical (unpaired) electrons. The monoisotopic (exact) mass is 316 g/mol. The maximum Gasteiger partial charge on any atom is 0.221 e. The molecule has 21 heavy (non-hydrogen) atoms. The number of fused-ring (bicyclic) bond motifs is 1. The number of nitrogens with zero attached hydrogens (tertiary/aromatic N) is 1. The number of hydrogen-bond donors (Lipinski definition) is 1. The molecule has 0 amide bonds. The molecule has 0 aliphatic heterocycles. The average Bonchev–Trinajstić information content (AvgIpc) is 2.90. The van der Waals surface area contributed by atoms with Gasteiger partial charge >= 0.3 is 0 Å². The van der Waals surface area contributed by atoms with Gasteiger partial charge in [-0.1, -0.05) is 41.4 Å². The van der Waals surface area contributed by atoms with Gasteiger partial charge in [-0.3, -0.25) is 4.79 Å². The smallest absolute Gasteiger partial charge is 0.221 e. The molecule has 0 spiro atoms. The number of para-hydroxylation sites is 2. The second kappa shape index (κ2) is 5.72. The number of H-pyrrole nitrogens is 1. The molecule has 1 N–H and O–H groups in total. The van der Waals surface area contributed by atoms with Crippen LogP contribution in [0, 0.1) is 0 Å². The van der Waals surface area contributed by atoms with Crippen LogP contribution in [0.3, 0.4) is 0 Å². The Morgan fingerprint density at radius 3 is 2.48 bits per heavy atom. The first kappa shape index (κ1) is 13.9. The molecule has 0 unspecified atom stereocenters. The van der Waals surface area contributed by atoms with Gasteiger partial charge in [0.2, 0.25) is 5.78 Å². The van der Waals surface area contributed by atoms with Crippen LogP contribution in [0.15, 0.2) is 48.5 Å². The summed E-state index contributed by atoms with van der Waals surface area (Å²) in [6.45, 7) is 0. The normalized spacial score (nSPS) is 11.3. The summed E-state index contributed by atoms with van der Waals surface area (Å²) in [5.74, 6) is 0.0535. The van der Waals surface area contributed by atoms with Crippen molar-refractivity contribution < 1.29 is 4.79 Å². The minimum absolute atomic E-state index is 0.234. The number of benzene rings is 2. The number of rotatable bonds is 3. The molecule has 3 rings (SSSR count). The van der Waals surface area contributed by atoms with Crippen molar-refractivity contribution in [2.45, 2.75) is 0 Å². The number of aromatic nitrogens is 2. The van der Waals surface area contributed by atoms with Crippen LogP contribution < -0.4 is 0 Å². The number of carbonyl (C=O) groups excluding carboxylic acids is 1. The molecule has 3 aromatic rings. The quantitative estimate of drug-likeness (QED) is 0.559. The van der Waals surface area contributed by atoms with Crippen molar-refractivity contribution in [2.75, 3.05) is 0 Å². The Bertz CT molecular complexity index is 799. The molecule has 3 nitrogen and oxygen atoms in total. The maximum absolute atomic E-state index is 12.1. The SMILES string of the molecule is O=C(/C=C/c1c(Cl)cccc1Cl)c1nc2ccccc2[nH]1. The van der Waals surface area contributed by atoms with E-state index in [0.717, 1.165) is 11.0 Å². The lowest BCUT2D eigenvalue weighted by atomic mass is 10.2. The molecule has 0 saturated carbocycles. The molecule has 0 aliphatic carbocycles. The Labute approximate surface area is 131 Å². The number of halogens is 2. The summed E-state index contributed by atoms with van der Waals surface area (Å²) in [5, 5.41) is 0.993. The molecule has 0 atom stereocenters. The van der Waals surface area contributed by atoms with Crippen LogP contribution in [0.1, 0.15) is 16.2 Å². The molecular formula is C16H10Cl2N2O. The van der Waals surface area contributed by atoms with Crippen molar-refractivity contribution >= 4 is 46.1 Å². The lowest BCUT2D eigenvalue weighted by molar-refractivity contribution is 0.103. The molecule has 104 valence electrons. The third kappa shape index (κ3) is 2.84. The first-order chi connectivity index (χ1) is 10.1. The molecule has 0 bridgehead atoms. The van der Waals surface area contributed by atoms with E-state index in [0.29, 0.717) is 15.6 Å². The predicted molar refractivity (Wildman–Crippen MR) is 85.9 cm³/mol. The highest BCUT2D eigenvalue weighted by atomic mass is 35.5. The summed E-state index contributed by atoms with van der Waals surface area (Å²) in [6.07, 6.45) is 3.00. The van der Waals surface area contributed by atoms with Crippen LogP contribution in [0.4, 0.5) is 0 Å². The number of carbonyl (C=O) groups is 1. The zero-order valence-electron chi connectivity index (χ0n) is 10.8. The van der Waals surface area contributed by atoms with E-state index in [9.17, 15) is 4.79 Å². The predicted octanol–water partition coefficient (Wildman–Crippen LogP) is 4.77. The average molecular weight is 317 g/mol. The largest absolute Gasteiger partial charge is 0.335 e. The molecule has 2 aromatic carbocycles. The summed E-state index contributed by atoms with van der Waals surface area (Å²) in [5.41, 5.74) is 2.19. The third-order valence-corrected chi connectivity index (χ3v) is 3.68. The van der Waals surface area contributed by atoms with E-state index in [-0.39, 0.29) is 11.6 Å². The molecule has 0 aliphatic rings. The summed E-state index contributed by atoms with van der Waals surface area (Å²) >= 11 is 12.1. The van der Waals surface area contributed by atoms with Crippen molar-refractivity contribution in [1.82, 2.24) is 9.97 Å². The Balaban J connectivity index is 1.90. The molecular weight excluding hydrogens is 307 g/mol. The van der Waals surface area contributed by atoms with Gasteiger partial charge in [0.25, 0.3) is 0 Å². The van der Waals surface area contributed by atoms with Crippen molar-refractivity contribution in [2.24, 2.45) is 0 Å². The number of imidazole rings is 1. The van der Waals surface area contributed by atoms with Crippen LogP contribution in [0.2, 0.25) is 10.0 Å². The van der Waals surface area contributed by atoms with Crippen LogP contribution in [0.25, 0.3) is 17.1 Å². The van der Waals surface area contributed by atoms with E-state index in [1.807, 2.05) is 24.3 Å². The lowest BCUT2D eigenvalue weighted by Crippen LogP contribution is -1.96. The first-order valence-electron chi connectivity index (χ1n) is 6.26. The Morgan fingerprint density at radius 2 is 1.76 bits per heavy atom. The lowest BCUT2D eigenvalue weighted by Gasteiger charge is -2.00. The van der Waals surface area contributed by atoms with Gasteiger partial charge in [0.1, 0.15) is 0 Å². The summed E-state index contributed by atoms with van der Waals surface area (Å²) in [7, 11) is 0. The fraction of sp³-hybridized carbons (Fsp3) is 0. The van der Waals surface area contributed by atoms with E-state index in [1.165, 1.54) is 6.08 Å². The highest BCUT2D eigenvalue weighted by Gasteiger charge is 2.09. The van der Waals surface area contributed by atoms with E-state index in [1.54, 1.807) is 24.3 Å².